The van der Waals surface area contributed by atoms with Crippen molar-refractivity contribution in [1.29, 1.82) is 5.26 Å². The first-order chi connectivity index (χ1) is 9.78. The number of rotatable bonds is 2. The quantitative estimate of drug-likeness (QED) is 0.709. The molecule has 0 radical (unpaired) electrons. The van der Waals surface area contributed by atoms with Crippen LogP contribution in [-0.4, -0.2) is 9.78 Å². The highest BCUT2D eigenvalue weighted by Gasteiger charge is 2.08. The molecule has 0 amide bonds. The van der Waals surface area contributed by atoms with Gasteiger partial charge in [-0.25, -0.2) is 9.07 Å². The van der Waals surface area contributed by atoms with Crippen LogP contribution in [0.25, 0.3) is 16.8 Å². The summed E-state index contributed by atoms with van der Waals surface area (Å²) in [6.07, 6.45) is 3.45. The lowest BCUT2D eigenvalue weighted by Crippen LogP contribution is -1.98. The number of hydrogen-bond acceptors (Lipinski definition) is 2. The van der Waals surface area contributed by atoms with Gasteiger partial charge in [-0.2, -0.15) is 10.4 Å². The van der Waals surface area contributed by atoms with E-state index >= 15 is 0 Å². The van der Waals surface area contributed by atoms with Crippen molar-refractivity contribution in [3.05, 3.63) is 72.3 Å². The maximum Gasteiger partial charge on any atom is 0.150 e. The summed E-state index contributed by atoms with van der Waals surface area (Å²) in [6.45, 7) is 0. The Hall–Kier alpha value is -2.93. The Morgan fingerprint density at radius 2 is 1.85 bits per heavy atom. The van der Waals surface area contributed by atoms with Crippen molar-refractivity contribution >= 4 is 0 Å². The molecule has 0 spiro atoms. The minimum Gasteiger partial charge on any atom is -0.237 e. The highest BCUT2D eigenvalue weighted by atomic mass is 19.1. The van der Waals surface area contributed by atoms with Crippen molar-refractivity contribution in [3.63, 3.8) is 0 Å². The molecule has 96 valence electrons. The van der Waals surface area contributed by atoms with Crippen LogP contribution in [-0.2, 0) is 0 Å². The molecule has 1 aromatic heterocycles. The van der Waals surface area contributed by atoms with Gasteiger partial charge in [-0.15, -0.1) is 0 Å². The molecule has 0 unspecified atom stereocenters. The van der Waals surface area contributed by atoms with Gasteiger partial charge in [0.15, 0.2) is 0 Å². The number of nitrogens with zero attached hydrogens (tertiary/aromatic N) is 3. The predicted molar refractivity (Wildman–Crippen MR) is 73.7 cm³/mol. The first-order valence-electron chi connectivity index (χ1n) is 6.08. The topological polar surface area (TPSA) is 41.6 Å². The van der Waals surface area contributed by atoms with Crippen LogP contribution < -0.4 is 0 Å². The van der Waals surface area contributed by atoms with Crippen molar-refractivity contribution in [3.8, 4) is 22.9 Å². The number of aromatic nitrogens is 2. The zero-order valence-electron chi connectivity index (χ0n) is 10.5. The zero-order valence-corrected chi connectivity index (χ0v) is 10.5. The first-order valence-corrected chi connectivity index (χ1v) is 6.08. The molecule has 2 aromatic carbocycles. The van der Waals surface area contributed by atoms with E-state index in [2.05, 4.69) is 5.10 Å². The Morgan fingerprint density at radius 1 is 1.05 bits per heavy atom. The van der Waals surface area contributed by atoms with Crippen LogP contribution in [0, 0.1) is 17.1 Å². The summed E-state index contributed by atoms with van der Waals surface area (Å²) in [5, 5.41) is 12.9. The van der Waals surface area contributed by atoms with Gasteiger partial charge >= 0.3 is 0 Å². The van der Waals surface area contributed by atoms with Gasteiger partial charge < -0.3 is 0 Å². The minimum atomic E-state index is -0.466. The third-order valence-corrected chi connectivity index (χ3v) is 3.01. The summed E-state index contributed by atoms with van der Waals surface area (Å²) in [7, 11) is 0. The molecule has 0 fully saturated rings. The van der Waals surface area contributed by atoms with E-state index in [0.29, 0.717) is 11.3 Å². The minimum absolute atomic E-state index is 0.293. The SMILES string of the molecule is N#Cc1ccc(-n2cc(-c3ccccc3)cn2)c(F)c1. The lowest BCUT2D eigenvalue weighted by molar-refractivity contribution is 0.610. The maximum absolute atomic E-state index is 13.9. The third kappa shape index (κ3) is 2.17. The predicted octanol–water partition coefficient (Wildman–Crippen LogP) is 3.55. The van der Waals surface area contributed by atoms with Crippen LogP contribution >= 0.6 is 0 Å². The van der Waals surface area contributed by atoms with Crippen molar-refractivity contribution in [2.24, 2.45) is 0 Å². The molecule has 20 heavy (non-hydrogen) atoms. The Kier molecular flexibility index (Phi) is 3.02. The van der Waals surface area contributed by atoms with Gasteiger partial charge in [-0.3, -0.25) is 0 Å². The van der Waals surface area contributed by atoms with Crippen molar-refractivity contribution in [2.45, 2.75) is 0 Å². The van der Waals surface area contributed by atoms with Crippen molar-refractivity contribution < 1.29 is 4.39 Å². The molecule has 3 nitrogen and oxygen atoms in total. The number of hydrogen-bond donors (Lipinski definition) is 0. The molecule has 0 N–H and O–H groups in total. The second-order valence-corrected chi connectivity index (χ2v) is 4.32. The van der Waals surface area contributed by atoms with E-state index in [9.17, 15) is 4.39 Å². The monoisotopic (exact) mass is 263 g/mol. The van der Waals surface area contributed by atoms with E-state index in [1.165, 1.54) is 10.7 Å². The van der Waals surface area contributed by atoms with E-state index in [1.54, 1.807) is 24.5 Å². The van der Waals surface area contributed by atoms with E-state index in [0.717, 1.165) is 11.1 Å². The summed E-state index contributed by atoms with van der Waals surface area (Å²) >= 11 is 0. The van der Waals surface area contributed by atoms with Gasteiger partial charge in [0.05, 0.1) is 17.8 Å². The fourth-order valence-corrected chi connectivity index (χ4v) is 2.00. The van der Waals surface area contributed by atoms with Crippen LogP contribution in [0.15, 0.2) is 60.9 Å². The standard InChI is InChI=1S/C16H10FN3/c17-15-8-12(9-18)6-7-16(15)20-11-14(10-19-20)13-4-2-1-3-5-13/h1-8,10-11H. The van der Waals surface area contributed by atoms with Crippen LogP contribution in [0.2, 0.25) is 0 Å². The highest BCUT2D eigenvalue weighted by Crippen LogP contribution is 2.21. The van der Waals surface area contributed by atoms with Gasteiger partial charge in [0.2, 0.25) is 0 Å². The summed E-state index contributed by atoms with van der Waals surface area (Å²) in [4.78, 5) is 0. The average molecular weight is 263 g/mol. The lowest BCUT2D eigenvalue weighted by atomic mass is 10.1. The first kappa shape index (κ1) is 12.1. The molecule has 3 rings (SSSR count). The Bertz CT molecular complexity index is 785. The van der Waals surface area contributed by atoms with Crippen LogP contribution in [0.5, 0.6) is 0 Å². The third-order valence-electron chi connectivity index (χ3n) is 3.01. The number of benzene rings is 2. The van der Waals surface area contributed by atoms with E-state index in [4.69, 9.17) is 5.26 Å². The van der Waals surface area contributed by atoms with E-state index in [-0.39, 0.29) is 0 Å². The molecule has 0 aliphatic carbocycles. The smallest absolute Gasteiger partial charge is 0.150 e. The normalized spacial score (nSPS) is 10.2. The summed E-state index contributed by atoms with van der Waals surface area (Å²) < 4.78 is 15.4. The largest absolute Gasteiger partial charge is 0.237 e. The molecular weight excluding hydrogens is 253 g/mol. The van der Waals surface area contributed by atoms with E-state index < -0.39 is 5.82 Å². The molecule has 0 atom stereocenters. The molecule has 4 heteroatoms. The van der Waals surface area contributed by atoms with Gasteiger partial charge in [-0.05, 0) is 23.8 Å². The number of halogens is 1. The molecule has 0 saturated carbocycles. The number of nitriles is 1. The Labute approximate surface area is 115 Å². The van der Waals surface area contributed by atoms with E-state index in [1.807, 2.05) is 36.4 Å². The van der Waals surface area contributed by atoms with Crippen LogP contribution in [0.3, 0.4) is 0 Å². The molecule has 0 saturated heterocycles. The van der Waals surface area contributed by atoms with Crippen LogP contribution in [0.1, 0.15) is 5.56 Å². The van der Waals surface area contributed by atoms with Gasteiger partial charge in [0.1, 0.15) is 11.5 Å². The molecule has 3 aromatic rings. The molecule has 0 aliphatic rings. The molecule has 0 bridgehead atoms. The summed E-state index contributed by atoms with van der Waals surface area (Å²) in [5.41, 5.74) is 2.55. The average Bonchev–Trinajstić information content (AvgIpc) is 2.97. The molecular formula is C16H10FN3. The van der Waals surface area contributed by atoms with Crippen molar-refractivity contribution in [2.75, 3.05) is 0 Å². The maximum atomic E-state index is 13.9. The second-order valence-electron chi connectivity index (χ2n) is 4.32. The Morgan fingerprint density at radius 3 is 2.55 bits per heavy atom. The van der Waals surface area contributed by atoms with Gasteiger partial charge in [-0.1, -0.05) is 30.3 Å². The summed E-state index contributed by atoms with van der Waals surface area (Å²) in [5.74, 6) is -0.466. The van der Waals surface area contributed by atoms with Gasteiger partial charge in [0.25, 0.3) is 0 Å². The fourth-order valence-electron chi connectivity index (χ4n) is 2.00. The molecule has 0 aliphatic heterocycles. The van der Waals surface area contributed by atoms with Crippen molar-refractivity contribution in [1.82, 2.24) is 9.78 Å². The fraction of sp³-hybridized carbons (Fsp3) is 0. The lowest BCUT2D eigenvalue weighted by Gasteiger charge is -2.03. The Balaban J connectivity index is 2.01. The molecule has 1 heterocycles. The highest BCUT2D eigenvalue weighted by molar-refractivity contribution is 5.62. The van der Waals surface area contributed by atoms with Gasteiger partial charge in [0, 0.05) is 11.8 Å². The summed E-state index contributed by atoms with van der Waals surface area (Å²) in [6, 6.07) is 16.0. The second kappa shape index (κ2) is 4.98. The zero-order chi connectivity index (χ0) is 13.9. The van der Waals surface area contributed by atoms with Crippen LogP contribution in [0.4, 0.5) is 4.39 Å².